The maximum absolute atomic E-state index is 11.6. The van der Waals surface area contributed by atoms with E-state index in [9.17, 15) is 4.79 Å². The van der Waals surface area contributed by atoms with E-state index in [4.69, 9.17) is 4.74 Å². The van der Waals surface area contributed by atoms with Gasteiger partial charge in [0.05, 0.1) is 6.54 Å². The molecule has 21 heavy (non-hydrogen) atoms. The number of esters is 1. The van der Waals surface area contributed by atoms with Gasteiger partial charge in [-0.2, -0.15) is 5.10 Å². The van der Waals surface area contributed by atoms with E-state index in [-0.39, 0.29) is 36.5 Å². The van der Waals surface area contributed by atoms with E-state index >= 15 is 0 Å². The number of rotatable bonds is 4. The average molecular weight is 410 g/mol. The smallest absolute Gasteiger partial charge is 0.325 e. The van der Waals surface area contributed by atoms with Crippen molar-refractivity contribution in [3.8, 4) is 0 Å². The van der Waals surface area contributed by atoms with Crippen LogP contribution in [0.5, 0.6) is 0 Å². The maximum atomic E-state index is 11.6. The maximum Gasteiger partial charge on any atom is 0.325 e. The Morgan fingerprint density at radius 3 is 2.57 bits per heavy atom. The van der Waals surface area contributed by atoms with Gasteiger partial charge in [0.1, 0.15) is 24.3 Å². The molecule has 2 N–H and O–H groups in total. The molecule has 0 unspecified atom stereocenters. The highest BCUT2D eigenvalue weighted by Crippen LogP contribution is 2.06. The molecule has 1 rings (SSSR count). The molecule has 0 amide bonds. The monoisotopic (exact) mass is 410 g/mol. The molecule has 0 atom stereocenters. The third-order valence-electron chi connectivity index (χ3n) is 2.26. The molecule has 1 aromatic heterocycles. The van der Waals surface area contributed by atoms with Gasteiger partial charge in [0.15, 0.2) is 5.96 Å². The number of nitrogens with one attached hydrogen (secondary N) is 2. The summed E-state index contributed by atoms with van der Waals surface area (Å²) in [6.45, 7) is 5.99. The van der Waals surface area contributed by atoms with Crippen molar-refractivity contribution in [2.24, 2.45) is 12.0 Å². The van der Waals surface area contributed by atoms with Gasteiger partial charge in [-0.15, -0.1) is 24.0 Å². The van der Waals surface area contributed by atoms with Crippen LogP contribution < -0.4 is 10.6 Å². The highest BCUT2D eigenvalue weighted by Gasteiger charge is 2.16. The highest BCUT2D eigenvalue weighted by atomic mass is 127. The van der Waals surface area contributed by atoms with E-state index < -0.39 is 5.60 Å². The Kier molecular flexibility index (Phi) is 8.22. The first-order valence-corrected chi connectivity index (χ1v) is 6.31. The average Bonchev–Trinajstić information content (AvgIpc) is 2.73. The van der Waals surface area contributed by atoms with Crippen molar-refractivity contribution >= 4 is 35.9 Å². The summed E-state index contributed by atoms with van der Waals surface area (Å²) in [7, 11) is 3.43. The van der Waals surface area contributed by atoms with Gasteiger partial charge < -0.3 is 15.4 Å². The Morgan fingerprint density at radius 2 is 2.10 bits per heavy atom. The number of aryl methyl sites for hydroxylation is 1. The highest BCUT2D eigenvalue weighted by molar-refractivity contribution is 14.0. The van der Waals surface area contributed by atoms with E-state index in [1.54, 1.807) is 18.8 Å². The van der Waals surface area contributed by atoms with Gasteiger partial charge in [0.25, 0.3) is 0 Å². The van der Waals surface area contributed by atoms with Crippen LogP contribution in [0, 0.1) is 0 Å². The SMILES string of the molecule is CN=C(NCC(=O)OC(C)(C)C)NCc1ncnn1C.I. The van der Waals surface area contributed by atoms with Crippen molar-refractivity contribution in [1.82, 2.24) is 25.4 Å². The number of carbonyl (C=O) groups is 1. The molecule has 0 saturated carbocycles. The van der Waals surface area contributed by atoms with Gasteiger partial charge in [0.2, 0.25) is 0 Å². The predicted molar refractivity (Wildman–Crippen MR) is 90.5 cm³/mol. The van der Waals surface area contributed by atoms with Crippen LogP contribution >= 0.6 is 24.0 Å². The van der Waals surface area contributed by atoms with E-state index in [0.29, 0.717) is 12.5 Å². The molecule has 0 aliphatic heterocycles. The fourth-order valence-corrected chi connectivity index (χ4v) is 1.40. The second kappa shape index (κ2) is 8.80. The van der Waals surface area contributed by atoms with E-state index in [2.05, 4.69) is 25.7 Å². The normalized spacial score (nSPS) is 11.6. The van der Waals surface area contributed by atoms with E-state index in [1.165, 1.54) is 6.33 Å². The second-order valence-electron chi connectivity index (χ2n) is 5.17. The summed E-state index contributed by atoms with van der Waals surface area (Å²) >= 11 is 0. The Bertz CT molecular complexity index is 480. The fraction of sp³-hybridized carbons (Fsp3) is 0.667. The van der Waals surface area contributed by atoms with Gasteiger partial charge in [0, 0.05) is 14.1 Å². The van der Waals surface area contributed by atoms with Crippen molar-refractivity contribution in [2.75, 3.05) is 13.6 Å². The molecule has 9 heteroatoms. The van der Waals surface area contributed by atoms with Gasteiger partial charge in [-0.25, -0.2) is 4.98 Å². The molecule has 120 valence electrons. The van der Waals surface area contributed by atoms with E-state index in [1.807, 2.05) is 20.8 Å². The summed E-state index contributed by atoms with van der Waals surface area (Å²) < 4.78 is 6.85. The quantitative estimate of drug-likeness (QED) is 0.324. The fourth-order valence-electron chi connectivity index (χ4n) is 1.40. The lowest BCUT2D eigenvalue weighted by Crippen LogP contribution is -2.41. The first-order valence-electron chi connectivity index (χ1n) is 6.31. The van der Waals surface area contributed by atoms with Crippen LogP contribution in [-0.4, -0.2) is 45.9 Å². The number of hydrogen-bond acceptors (Lipinski definition) is 5. The van der Waals surface area contributed by atoms with Gasteiger partial charge in [-0.05, 0) is 20.8 Å². The number of aliphatic imine (C=N–C) groups is 1. The third-order valence-corrected chi connectivity index (χ3v) is 2.26. The molecular weight excluding hydrogens is 387 g/mol. The molecule has 0 aromatic carbocycles. The number of aromatic nitrogens is 3. The molecule has 0 aliphatic rings. The van der Waals surface area contributed by atoms with Crippen LogP contribution in [0.2, 0.25) is 0 Å². The minimum Gasteiger partial charge on any atom is -0.459 e. The third kappa shape index (κ3) is 7.83. The van der Waals surface area contributed by atoms with Crippen molar-refractivity contribution in [3.63, 3.8) is 0 Å². The Labute approximate surface area is 141 Å². The summed E-state index contributed by atoms with van der Waals surface area (Å²) in [4.78, 5) is 19.7. The Balaban J connectivity index is 0.00000400. The summed E-state index contributed by atoms with van der Waals surface area (Å²) in [5, 5.41) is 9.89. The van der Waals surface area contributed by atoms with Gasteiger partial charge in [-0.3, -0.25) is 14.5 Å². The van der Waals surface area contributed by atoms with Gasteiger partial charge in [-0.1, -0.05) is 0 Å². The van der Waals surface area contributed by atoms with Crippen LogP contribution in [0.1, 0.15) is 26.6 Å². The lowest BCUT2D eigenvalue weighted by molar-refractivity contribution is -0.153. The van der Waals surface area contributed by atoms with Crippen LogP contribution in [0.4, 0.5) is 0 Å². The standard InChI is InChI=1S/C12H22N6O2.HI/c1-12(2,3)20-10(19)7-15-11(13-4)14-6-9-16-8-17-18(9)5;/h8H,6-7H2,1-5H3,(H2,13,14,15);1H. The van der Waals surface area contributed by atoms with Crippen LogP contribution in [0.15, 0.2) is 11.3 Å². The molecule has 1 heterocycles. The van der Waals surface area contributed by atoms with Gasteiger partial charge >= 0.3 is 5.97 Å². The van der Waals surface area contributed by atoms with Crippen molar-refractivity contribution in [1.29, 1.82) is 0 Å². The van der Waals surface area contributed by atoms with Crippen LogP contribution in [-0.2, 0) is 23.1 Å². The zero-order chi connectivity index (χ0) is 15.2. The van der Waals surface area contributed by atoms with Crippen LogP contribution in [0.3, 0.4) is 0 Å². The summed E-state index contributed by atoms with van der Waals surface area (Å²) in [6, 6.07) is 0. The lowest BCUT2D eigenvalue weighted by atomic mass is 10.2. The predicted octanol–water partition coefficient (Wildman–Crippen LogP) is 0.440. The number of carbonyl (C=O) groups excluding carboxylic acids is 1. The number of ether oxygens (including phenoxy) is 1. The lowest BCUT2D eigenvalue weighted by Gasteiger charge is -2.20. The molecule has 0 spiro atoms. The Hall–Kier alpha value is -1.39. The molecule has 0 radical (unpaired) electrons. The topological polar surface area (TPSA) is 93.4 Å². The first kappa shape index (κ1) is 19.6. The Morgan fingerprint density at radius 1 is 1.43 bits per heavy atom. The molecule has 0 aliphatic carbocycles. The first-order chi connectivity index (χ1) is 9.31. The zero-order valence-electron chi connectivity index (χ0n) is 13.0. The molecule has 0 saturated heterocycles. The molecular formula is C12H23IN6O2. The van der Waals surface area contributed by atoms with Crippen molar-refractivity contribution < 1.29 is 9.53 Å². The van der Waals surface area contributed by atoms with Crippen LogP contribution in [0.25, 0.3) is 0 Å². The van der Waals surface area contributed by atoms with Crippen molar-refractivity contribution in [3.05, 3.63) is 12.2 Å². The zero-order valence-corrected chi connectivity index (χ0v) is 15.3. The molecule has 8 nitrogen and oxygen atoms in total. The minimum atomic E-state index is -0.492. The summed E-state index contributed by atoms with van der Waals surface area (Å²) in [5.74, 6) is 0.934. The second-order valence-corrected chi connectivity index (χ2v) is 5.17. The largest absolute Gasteiger partial charge is 0.459 e. The number of guanidine groups is 1. The number of nitrogens with zero attached hydrogens (tertiary/aromatic N) is 4. The molecule has 1 aromatic rings. The minimum absolute atomic E-state index is 0. The summed E-state index contributed by atoms with van der Waals surface area (Å²) in [5.41, 5.74) is -0.492. The molecule has 0 fully saturated rings. The number of halogens is 1. The number of hydrogen-bond donors (Lipinski definition) is 2. The van der Waals surface area contributed by atoms with Crippen molar-refractivity contribution in [2.45, 2.75) is 32.9 Å². The summed E-state index contributed by atoms with van der Waals surface area (Å²) in [6.07, 6.45) is 1.48. The van der Waals surface area contributed by atoms with E-state index in [0.717, 1.165) is 5.82 Å². The molecule has 0 bridgehead atoms.